The molecule has 1 aliphatic heterocycles. The molecule has 3 nitrogen and oxygen atoms in total. The highest BCUT2D eigenvalue weighted by Gasteiger charge is 2.32. The van der Waals surface area contributed by atoms with Crippen LogP contribution in [-0.2, 0) is 4.79 Å². The highest BCUT2D eigenvalue weighted by atomic mass is 35.5. The molecule has 0 bridgehead atoms. The fourth-order valence-corrected chi connectivity index (χ4v) is 2.73. The summed E-state index contributed by atoms with van der Waals surface area (Å²) in [5.41, 5.74) is 2.58. The van der Waals surface area contributed by atoms with E-state index in [1.54, 1.807) is 4.90 Å². The number of rotatable bonds is 1. The molecule has 1 aliphatic rings. The number of fused-ring (bicyclic) bond motifs is 1. The molecule has 0 saturated heterocycles. The van der Waals surface area contributed by atoms with Crippen molar-refractivity contribution in [2.24, 2.45) is 5.92 Å². The molecule has 2 aromatic rings. The number of nitrogens with one attached hydrogen (secondary N) is 1. The Morgan fingerprint density at radius 1 is 1.10 bits per heavy atom. The zero-order valence-electron chi connectivity index (χ0n) is 12.0. The van der Waals surface area contributed by atoms with Crippen LogP contribution in [0.25, 0.3) is 0 Å². The van der Waals surface area contributed by atoms with Gasteiger partial charge < -0.3 is 5.32 Å². The number of carbonyl (C=O) groups is 1. The molecular weight excluding hydrogens is 284 g/mol. The number of halogens is 1. The molecule has 0 aromatic heterocycles. The van der Waals surface area contributed by atoms with Gasteiger partial charge in [0.1, 0.15) is 0 Å². The van der Waals surface area contributed by atoms with Gasteiger partial charge in [-0.25, -0.2) is 0 Å². The molecule has 0 aliphatic carbocycles. The normalized spacial score (nSPS) is 21.5. The van der Waals surface area contributed by atoms with E-state index in [1.807, 2.05) is 62.4 Å². The fraction of sp³-hybridized carbons (Fsp3) is 0.235. The standard InChI is InChI=1S/C17H17ClN2O/c1-11-12(2)19-15-9-8-13(18)10-16(15)20(17(11)21)14-6-4-3-5-7-14/h3-12,19H,1-2H3. The van der Waals surface area contributed by atoms with E-state index < -0.39 is 0 Å². The Balaban J connectivity index is 2.20. The predicted molar refractivity (Wildman–Crippen MR) is 87.3 cm³/mol. The van der Waals surface area contributed by atoms with Crippen LogP contribution in [0.4, 0.5) is 17.1 Å². The van der Waals surface area contributed by atoms with Crippen LogP contribution in [-0.4, -0.2) is 11.9 Å². The third-order valence-corrected chi connectivity index (χ3v) is 4.19. The lowest BCUT2D eigenvalue weighted by Gasteiger charge is -2.24. The van der Waals surface area contributed by atoms with Crippen LogP contribution in [0.1, 0.15) is 13.8 Å². The molecule has 21 heavy (non-hydrogen) atoms. The number of hydrogen-bond donors (Lipinski definition) is 1. The first-order chi connectivity index (χ1) is 10.1. The minimum Gasteiger partial charge on any atom is -0.380 e. The van der Waals surface area contributed by atoms with E-state index >= 15 is 0 Å². The third-order valence-electron chi connectivity index (χ3n) is 3.96. The summed E-state index contributed by atoms with van der Waals surface area (Å²) in [5.74, 6) is -0.0569. The molecule has 0 fully saturated rings. The van der Waals surface area contributed by atoms with Gasteiger partial charge in [0.05, 0.1) is 17.3 Å². The molecule has 2 atom stereocenters. The Morgan fingerprint density at radius 2 is 1.81 bits per heavy atom. The van der Waals surface area contributed by atoms with Crippen molar-refractivity contribution in [3.8, 4) is 0 Å². The molecule has 2 aromatic carbocycles. The minimum atomic E-state index is -0.128. The molecule has 4 heteroatoms. The van der Waals surface area contributed by atoms with Gasteiger partial charge in [0.2, 0.25) is 5.91 Å². The molecule has 0 saturated carbocycles. The molecule has 2 unspecified atom stereocenters. The Morgan fingerprint density at radius 3 is 2.52 bits per heavy atom. The lowest BCUT2D eigenvalue weighted by molar-refractivity contribution is -0.121. The van der Waals surface area contributed by atoms with Crippen LogP contribution < -0.4 is 10.2 Å². The summed E-state index contributed by atoms with van der Waals surface area (Å²) in [6.45, 7) is 3.97. The second kappa shape index (κ2) is 5.41. The lowest BCUT2D eigenvalue weighted by atomic mass is 10.0. The zero-order chi connectivity index (χ0) is 15.0. The van der Waals surface area contributed by atoms with Crippen LogP contribution in [0.3, 0.4) is 0 Å². The monoisotopic (exact) mass is 300 g/mol. The smallest absolute Gasteiger partial charge is 0.236 e. The van der Waals surface area contributed by atoms with Gasteiger partial charge in [-0.15, -0.1) is 0 Å². The Kier molecular flexibility index (Phi) is 3.60. The lowest BCUT2D eigenvalue weighted by Crippen LogP contribution is -2.35. The maximum atomic E-state index is 12.9. The molecule has 1 heterocycles. The van der Waals surface area contributed by atoms with Crippen molar-refractivity contribution < 1.29 is 4.79 Å². The van der Waals surface area contributed by atoms with Crippen molar-refractivity contribution in [2.45, 2.75) is 19.9 Å². The second-order valence-electron chi connectivity index (χ2n) is 5.39. The highest BCUT2D eigenvalue weighted by molar-refractivity contribution is 6.31. The first kappa shape index (κ1) is 14.0. The summed E-state index contributed by atoms with van der Waals surface area (Å²) in [7, 11) is 0. The van der Waals surface area contributed by atoms with Gasteiger partial charge in [-0.2, -0.15) is 0 Å². The molecule has 1 amide bonds. The summed E-state index contributed by atoms with van der Waals surface area (Å²) < 4.78 is 0. The first-order valence-corrected chi connectivity index (χ1v) is 7.41. The average molecular weight is 301 g/mol. The summed E-state index contributed by atoms with van der Waals surface area (Å²) in [5, 5.41) is 4.03. The molecule has 3 rings (SSSR count). The van der Waals surface area contributed by atoms with Crippen molar-refractivity contribution in [1.82, 2.24) is 0 Å². The molecule has 108 valence electrons. The number of benzene rings is 2. The van der Waals surface area contributed by atoms with Gasteiger partial charge in [-0.3, -0.25) is 9.69 Å². The van der Waals surface area contributed by atoms with Gasteiger partial charge in [0.15, 0.2) is 0 Å². The Labute approximate surface area is 129 Å². The van der Waals surface area contributed by atoms with Gasteiger partial charge in [-0.1, -0.05) is 36.7 Å². The summed E-state index contributed by atoms with van der Waals surface area (Å²) in [4.78, 5) is 14.6. The van der Waals surface area contributed by atoms with Crippen molar-refractivity contribution >= 4 is 34.6 Å². The van der Waals surface area contributed by atoms with Crippen LogP contribution in [0.2, 0.25) is 5.02 Å². The molecule has 1 N–H and O–H groups in total. The van der Waals surface area contributed by atoms with Crippen LogP contribution in [0.5, 0.6) is 0 Å². The van der Waals surface area contributed by atoms with Crippen LogP contribution >= 0.6 is 11.6 Å². The van der Waals surface area contributed by atoms with Crippen molar-refractivity contribution in [1.29, 1.82) is 0 Å². The van der Waals surface area contributed by atoms with Gasteiger partial charge in [-0.05, 0) is 37.3 Å². The largest absolute Gasteiger partial charge is 0.380 e. The quantitative estimate of drug-likeness (QED) is 0.843. The van der Waals surface area contributed by atoms with Crippen molar-refractivity contribution in [3.05, 3.63) is 53.6 Å². The topological polar surface area (TPSA) is 32.3 Å². The minimum absolute atomic E-state index is 0.0612. The van der Waals surface area contributed by atoms with Gasteiger partial charge in [0, 0.05) is 16.8 Å². The SMILES string of the molecule is CC1Nc2ccc(Cl)cc2N(c2ccccc2)C(=O)C1C. The van der Waals surface area contributed by atoms with Crippen LogP contribution in [0, 0.1) is 5.92 Å². The number of hydrogen-bond acceptors (Lipinski definition) is 2. The first-order valence-electron chi connectivity index (χ1n) is 7.03. The summed E-state index contributed by atoms with van der Waals surface area (Å²) >= 11 is 6.14. The molecular formula is C17H17ClN2O. The number of amides is 1. The number of para-hydroxylation sites is 1. The van der Waals surface area contributed by atoms with Crippen molar-refractivity contribution in [3.63, 3.8) is 0 Å². The van der Waals surface area contributed by atoms with E-state index in [0.717, 1.165) is 17.1 Å². The van der Waals surface area contributed by atoms with E-state index in [2.05, 4.69) is 5.32 Å². The van der Waals surface area contributed by atoms with Gasteiger partial charge in [0.25, 0.3) is 0 Å². The zero-order valence-corrected chi connectivity index (χ0v) is 12.8. The molecule has 0 spiro atoms. The number of carbonyl (C=O) groups excluding carboxylic acids is 1. The average Bonchev–Trinajstić information content (AvgIpc) is 2.58. The summed E-state index contributed by atoms with van der Waals surface area (Å²) in [6, 6.07) is 15.3. The summed E-state index contributed by atoms with van der Waals surface area (Å²) in [6.07, 6.45) is 0. The van der Waals surface area contributed by atoms with Crippen LogP contribution in [0.15, 0.2) is 48.5 Å². The number of nitrogens with zero attached hydrogens (tertiary/aromatic N) is 1. The highest BCUT2D eigenvalue weighted by Crippen LogP contribution is 2.38. The second-order valence-corrected chi connectivity index (χ2v) is 5.83. The van der Waals surface area contributed by atoms with Gasteiger partial charge >= 0.3 is 0 Å². The Hall–Kier alpha value is -2.00. The van der Waals surface area contributed by atoms with E-state index in [1.165, 1.54) is 0 Å². The van der Waals surface area contributed by atoms with E-state index in [9.17, 15) is 4.79 Å². The number of anilines is 3. The Bertz CT molecular complexity index is 672. The fourth-order valence-electron chi connectivity index (χ4n) is 2.56. The van der Waals surface area contributed by atoms with E-state index in [-0.39, 0.29) is 17.9 Å². The molecule has 0 radical (unpaired) electrons. The van der Waals surface area contributed by atoms with E-state index in [4.69, 9.17) is 11.6 Å². The predicted octanol–water partition coefficient (Wildman–Crippen LogP) is 4.45. The maximum Gasteiger partial charge on any atom is 0.236 e. The van der Waals surface area contributed by atoms with Crippen molar-refractivity contribution in [2.75, 3.05) is 10.2 Å². The third kappa shape index (κ3) is 2.49. The van der Waals surface area contributed by atoms with E-state index in [0.29, 0.717) is 5.02 Å². The maximum absolute atomic E-state index is 12.9.